The fourth-order valence-electron chi connectivity index (χ4n) is 0.852. The average Bonchev–Trinajstić information content (AvgIpc) is 2.57. The van der Waals surface area contributed by atoms with Gasteiger partial charge in [-0.25, -0.2) is 4.98 Å². The van der Waals surface area contributed by atoms with E-state index in [1.807, 2.05) is 0 Å². The fourth-order valence-corrected chi connectivity index (χ4v) is 0.852. The van der Waals surface area contributed by atoms with Crippen LogP contribution in [0.4, 0.5) is 0 Å². The summed E-state index contributed by atoms with van der Waals surface area (Å²) in [7, 11) is 0. The molecule has 1 unspecified atom stereocenters. The first-order chi connectivity index (χ1) is 6.24. The van der Waals surface area contributed by atoms with Crippen molar-refractivity contribution < 1.29 is 9.53 Å². The molecular weight excluding hydrogens is 172 g/mol. The Kier molecular flexibility index (Phi) is 3.39. The van der Waals surface area contributed by atoms with Crippen molar-refractivity contribution in [2.45, 2.75) is 19.5 Å². The first-order valence-corrected chi connectivity index (χ1v) is 3.98. The number of nitrogens with zero attached hydrogens (tertiary/aromatic N) is 3. The quantitative estimate of drug-likeness (QED) is 0.617. The minimum Gasteiger partial charge on any atom is -0.465 e. The van der Waals surface area contributed by atoms with Gasteiger partial charge in [0.15, 0.2) is 0 Å². The van der Waals surface area contributed by atoms with Crippen LogP contribution in [0, 0.1) is 0 Å². The maximum absolute atomic E-state index is 11.1. The maximum atomic E-state index is 11.1. The van der Waals surface area contributed by atoms with Gasteiger partial charge in [-0.2, -0.15) is 5.10 Å². The minimum atomic E-state index is -0.679. The van der Waals surface area contributed by atoms with E-state index < -0.39 is 12.0 Å². The SMILES string of the molecule is CCOC(=O)C(N)Cn1cncn1. The van der Waals surface area contributed by atoms with Crippen LogP contribution in [0.25, 0.3) is 0 Å². The van der Waals surface area contributed by atoms with E-state index in [0.717, 1.165) is 0 Å². The van der Waals surface area contributed by atoms with Crippen molar-refractivity contribution in [2.24, 2.45) is 5.73 Å². The highest BCUT2D eigenvalue weighted by molar-refractivity contribution is 5.75. The van der Waals surface area contributed by atoms with Gasteiger partial charge in [0.2, 0.25) is 0 Å². The van der Waals surface area contributed by atoms with Gasteiger partial charge in [-0.05, 0) is 6.92 Å². The van der Waals surface area contributed by atoms with Gasteiger partial charge in [0.25, 0.3) is 0 Å². The number of rotatable bonds is 4. The zero-order valence-electron chi connectivity index (χ0n) is 7.38. The van der Waals surface area contributed by atoms with Crippen molar-refractivity contribution in [1.29, 1.82) is 0 Å². The Bertz CT molecular complexity index is 259. The van der Waals surface area contributed by atoms with Crippen LogP contribution >= 0.6 is 0 Å². The third-order valence-corrected chi connectivity index (χ3v) is 1.44. The minimum absolute atomic E-state index is 0.291. The molecule has 0 aliphatic carbocycles. The molecule has 0 aliphatic rings. The van der Waals surface area contributed by atoms with Crippen LogP contribution in [-0.2, 0) is 16.1 Å². The van der Waals surface area contributed by atoms with E-state index in [-0.39, 0.29) is 0 Å². The molecule has 1 aromatic rings. The number of carbonyl (C=O) groups excluding carboxylic acids is 1. The van der Waals surface area contributed by atoms with E-state index in [0.29, 0.717) is 13.2 Å². The van der Waals surface area contributed by atoms with Crippen molar-refractivity contribution >= 4 is 5.97 Å². The molecule has 0 fully saturated rings. The number of hydrogen-bond donors (Lipinski definition) is 1. The summed E-state index contributed by atoms with van der Waals surface area (Å²) in [4.78, 5) is 14.8. The lowest BCUT2D eigenvalue weighted by molar-refractivity contribution is -0.145. The van der Waals surface area contributed by atoms with Gasteiger partial charge in [-0.1, -0.05) is 0 Å². The predicted molar refractivity (Wildman–Crippen MR) is 44.6 cm³/mol. The molecule has 2 N–H and O–H groups in total. The summed E-state index contributed by atoms with van der Waals surface area (Å²) in [6.07, 6.45) is 2.89. The van der Waals surface area contributed by atoms with Gasteiger partial charge < -0.3 is 10.5 Å². The van der Waals surface area contributed by atoms with Crippen molar-refractivity contribution in [3.8, 4) is 0 Å². The predicted octanol–water partition coefficient (Wildman–Crippen LogP) is -0.831. The highest BCUT2D eigenvalue weighted by atomic mass is 16.5. The summed E-state index contributed by atoms with van der Waals surface area (Å²) in [5.41, 5.74) is 5.53. The molecule has 0 saturated heterocycles. The van der Waals surface area contributed by atoms with E-state index in [4.69, 9.17) is 10.5 Å². The zero-order chi connectivity index (χ0) is 9.68. The van der Waals surface area contributed by atoms with Crippen LogP contribution in [0.3, 0.4) is 0 Å². The van der Waals surface area contributed by atoms with E-state index in [9.17, 15) is 4.79 Å². The highest BCUT2D eigenvalue weighted by Crippen LogP contribution is 1.90. The average molecular weight is 184 g/mol. The van der Waals surface area contributed by atoms with Crippen molar-refractivity contribution in [1.82, 2.24) is 14.8 Å². The molecule has 1 rings (SSSR count). The van der Waals surface area contributed by atoms with Crippen molar-refractivity contribution in [2.75, 3.05) is 6.61 Å². The molecule has 13 heavy (non-hydrogen) atoms. The summed E-state index contributed by atoms with van der Waals surface area (Å²) >= 11 is 0. The Morgan fingerprint density at radius 3 is 3.08 bits per heavy atom. The first kappa shape index (κ1) is 9.66. The molecule has 1 heterocycles. The second kappa shape index (κ2) is 4.56. The molecule has 6 nitrogen and oxygen atoms in total. The standard InChI is InChI=1S/C7H12N4O2/c1-2-13-7(12)6(8)3-11-5-9-4-10-11/h4-6H,2-3,8H2,1H3. The molecule has 1 aromatic heterocycles. The molecule has 0 amide bonds. The van der Waals surface area contributed by atoms with E-state index in [2.05, 4.69) is 10.1 Å². The third-order valence-electron chi connectivity index (χ3n) is 1.44. The van der Waals surface area contributed by atoms with E-state index in [1.165, 1.54) is 17.3 Å². The molecule has 72 valence electrons. The summed E-state index contributed by atoms with van der Waals surface area (Å²) in [5.74, 6) is -0.419. The van der Waals surface area contributed by atoms with Gasteiger partial charge in [0, 0.05) is 0 Å². The normalized spacial score (nSPS) is 12.5. The number of esters is 1. The summed E-state index contributed by atoms with van der Waals surface area (Å²) < 4.78 is 6.21. The summed E-state index contributed by atoms with van der Waals surface area (Å²) in [5, 5.41) is 3.82. The van der Waals surface area contributed by atoms with E-state index in [1.54, 1.807) is 6.92 Å². The molecule has 0 aromatic carbocycles. The smallest absolute Gasteiger partial charge is 0.324 e. The van der Waals surface area contributed by atoms with Crippen molar-refractivity contribution in [3.05, 3.63) is 12.7 Å². The van der Waals surface area contributed by atoms with Gasteiger partial charge >= 0.3 is 5.97 Å². The van der Waals surface area contributed by atoms with Gasteiger partial charge in [0.05, 0.1) is 13.2 Å². The van der Waals surface area contributed by atoms with Crippen LogP contribution in [0.2, 0.25) is 0 Å². The second-order valence-corrected chi connectivity index (χ2v) is 2.48. The number of ether oxygens (including phenoxy) is 1. The number of carbonyl (C=O) groups is 1. The summed E-state index contributed by atoms with van der Waals surface area (Å²) in [6, 6.07) is -0.679. The molecule has 6 heteroatoms. The zero-order valence-corrected chi connectivity index (χ0v) is 7.38. The molecule has 0 spiro atoms. The lowest BCUT2D eigenvalue weighted by atomic mass is 10.3. The lowest BCUT2D eigenvalue weighted by Gasteiger charge is -2.09. The monoisotopic (exact) mass is 184 g/mol. The number of aromatic nitrogens is 3. The van der Waals surface area contributed by atoms with Crippen LogP contribution in [0.1, 0.15) is 6.92 Å². The Hall–Kier alpha value is -1.43. The van der Waals surface area contributed by atoms with Crippen LogP contribution in [0.5, 0.6) is 0 Å². The Balaban J connectivity index is 2.41. The Morgan fingerprint density at radius 1 is 1.77 bits per heavy atom. The van der Waals surface area contributed by atoms with Crippen molar-refractivity contribution in [3.63, 3.8) is 0 Å². The Labute approximate surface area is 75.7 Å². The van der Waals surface area contributed by atoms with Gasteiger partial charge in [0.1, 0.15) is 18.7 Å². The van der Waals surface area contributed by atoms with Crippen LogP contribution in [-0.4, -0.2) is 33.4 Å². The molecule has 0 saturated carbocycles. The highest BCUT2D eigenvalue weighted by Gasteiger charge is 2.14. The second-order valence-electron chi connectivity index (χ2n) is 2.48. The first-order valence-electron chi connectivity index (χ1n) is 3.98. The van der Waals surface area contributed by atoms with Crippen LogP contribution in [0.15, 0.2) is 12.7 Å². The fraction of sp³-hybridized carbons (Fsp3) is 0.571. The number of hydrogen-bond acceptors (Lipinski definition) is 5. The summed E-state index contributed by atoms with van der Waals surface area (Å²) in [6.45, 7) is 2.36. The molecule has 0 aliphatic heterocycles. The maximum Gasteiger partial charge on any atom is 0.324 e. The molecule has 0 radical (unpaired) electrons. The number of nitrogens with two attached hydrogens (primary N) is 1. The van der Waals surface area contributed by atoms with Gasteiger partial charge in [-0.15, -0.1) is 0 Å². The van der Waals surface area contributed by atoms with E-state index >= 15 is 0 Å². The molecule has 0 bridgehead atoms. The Morgan fingerprint density at radius 2 is 2.54 bits per heavy atom. The topological polar surface area (TPSA) is 83.0 Å². The van der Waals surface area contributed by atoms with Gasteiger partial charge in [-0.3, -0.25) is 9.48 Å². The molecule has 1 atom stereocenters. The largest absolute Gasteiger partial charge is 0.465 e. The lowest BCUT2D eigenvalue weighted by Crippen LogP contribution is -2.36. The molecular formula is C7H12N4O2. The third kappa shape index (κ3) is 2.83. The van der Waals surface area contributed by atoms with Crippen LogP contribution < -0.4 is 5.73 Å².